The molecule has 1 aromatic rings. The summed E-state index contributed by atoms with van der Waals surface area (Å²) in [6.07, 6.45) is 0.969. The Morgan fingerprint density at radius 3 is 2.43 bits per heavy atom. The van der Waals surface area contributed by atoms with Crippen LogP contribution in [0.15, 0.2) is 18.2 Å². The lowest BCUT2D eigenvalue weighted by Gasteiger charge is -2.15. The van der Waals surface area contributed by atoms with Crippen LogP contribution in [0.25, 0.3) is 0 Å². The van der Waals surface area contributed by atoms with Crippen molar-refractivity contribution in [2.24, 2.45) is 5.92 Å². The molecule has 1 N–H and O–H groups in total. The van der Waals surface area contributed by atoms with Crippen LogP contribution in [-0.2, 0) is 4.79 Å². The Morgan fingerprint density at radius 2 is 2.00 bits per heavy atom. The summed E-state index contributed by atoms with van der Waals surface area (Å²) in [5.74, 6) is 0.493. The Hall–Kier alpha value is -1.31. The maximum Gasteiger partial charge on any atom is 0.127 e. The third kappa shape index (κ3) is 2.13. The van der Waals surface area contributed by atoms with E-state index in [9.17, 15) is 9.90 Å². The number of hydrogen-bond acceptors (Lipinski definition) is 2. The summed E-state index contributed by atoms with van der Waals surface area (Å²) in [5.41, 5.74) is 1.79. The van der Waals surface area contributed by atoms with Gasteiger partial charge < -0.3 is 9.90 Å². The highest BCUT2D eigenvalue weighted by atomic mass is 16.3. The van der Waals surface area contributed by atoms with Crippen molar-refractivity contribution in [1.29, 1.82) is 0 Å². The van der Waals surface area contributed by atoms with Crippen LogP contribution in [-0.4, -0.2) is 11.4 Å². The fourth-order valence-electron chi connectivity index (χ4n) is 1.51. The molecule has 14 heavy (non-hydrogen) atoms. The van der Waals surface area contributed by atoms with Crippen LogP contribution in [0.3, 0.4) is 0 Å². The molecular formula is C12H16O2. The molecule has 0 saturated carbocycles. The molecule has 2 heteroatoms. The Kier molecular flexibility index (Phi) is 3.28. The first-order chi connectivity index (χ1) is 6.56. The van der Waals surface area contributed by atoms with Crippen molar-refractivity contribution < 1.29 is 9.90 Å². The van der Waals surface area contributed by atoms with E-state index in [1.165, 1.54) is 0 Å². The molecule has 0 bridgehead atoms. The van der Waals surface area contributed by atoms with E-state index in [-0.39, 0.29) is 17.6 Å². The van der Waals surface area contributed by atoms with Crippen LogP contribution >= 0.6 is 0 Å². The van der Waals surface area contributed by atoms with E-state index >= 15 is 0 Å². The number of phenolic OH excluding ortho intramolecular Hbond substituents is 1. The monoisotopic (exact) mass is 192 g/mol. The number of carbonyl (C=O) groups excluding carboxylic acids is 1. The minimum absolute atomic E-state index is 0.0747. The highest BCUT2D eigenvalue weighted by molar-refractivity contribution is 5.63. The van der Waals surface area contributed by atoms with Crippen molar-refractivity contribution in [2.45, 2.75) is 26.7 Å². The number of aromatic hydroxyl groups is 1. The molecule has 1 atom stereocenters. The maximum atomic E-state index is 10.9. The van der Waals surface area contributed by atoms with Gasteiger partial charge in [0.05, 0.1) is 0 Å². The molecule has 0 spiro atoms. The van der Waals surface area contributed by atoms with E-state index in [1.54, 1.807) is 12.1 Å². The zero-order valence-corrected chi connectivity index (χ0v) is 8.82. The van der Waals surface area contributed by atoms with Crippen LogP contribution < -0.4 is 0 Å². The average molecular weight is 192 g/mol. The lowest BCUT2D eigenvalue weighted by molar-refractivity contribution is -0.109. The first-order valence-electron chi connectivity index (χ1n) is 4.81. The van der Waals surface area contributed by atoms with Gasteiger partial charge in [-0.05, 0) is 30.0 Å². The molecule has 1 unspecified atom stereocenters. The fourth-order valence-corrected chi connectivity index (χ4v) is 1.51. The van der Waals surface area contributed by atoms with Gasteiger partial charge in [0.25, 0.3) is 0 Å². The average Bonchev–Trinajstić information content (AvgIpc) is 2.11. The third-order valence-electron chi connectivity index (χ3n) is 2.47. The van der Waals surface area contributed by atoms with Crippen molar-refractivity contribution in [3.63, 3.8) is 0 Å². The maximum absolute atomic E-state index is 10.9. The van der Waals surface area contributed by atoms with E-state index in [0.29, 0.717) is 0 Å². The summed E-state index contributed by atoms with van der Waals surface area (Å²) in [5, 5.41) is 9.35. The topological polar surface area (TPSA) is 37.3 Å². The van der Waals surface area contributed by atoms with Crippen molar-refractivity contribution in [2.75, 3.05) is 0 Å². The molecule has 0 radical (unpaired) electrons. The van der Waals surface area contributed by atoms with Crippen molar-refractivity contribution >= 4 is 6.29 Å². The molecule has 0 amide bonds. The van der Waals surface area contributed by atoms with Crippen molar-refractivity contribution in [3.05, 3.63) is 29.3 Å². The Bertz CT molecular complexity index is 329. The number of rotatable bonds is 3. The molecule has 76 valence electrons. The summed E-state index contributed by atoms with van der Waals surface area (Å²) in [6.45, 7) is 5.86. The number of aldehydes is 1. The van der Waals surface area contributed by atoms with Gasteiger partial charge in [0.2, 0.25) is 0 Å². The first kappa shape index (κ1) is 10.8. The van der Waals surface area contributed by atoms with E-state index in [2.05, 4.69) is 0 Å². The van der Waals surface area contributed by atoms with Crippen LogP contribution in [0, 0.1) is 12.8 Å². The largest absolute Gasteiger partial charge is 0.508 e. The lowest BCUT2D eigenvalue weighted by atomic mass is 9.89. The lowest BCUT2D eigenvalue weighted by Crippen LogP contribution is -2.08. The second-order valence-electron chi connectivity index (χ2n) is 3.95. The number of benzene rings is 1. The molecule has 2 nitrogen and oxygen atoms in total. The van der Waals surface area contributed by atoms with E-state index in [1.807, 2.05) is 26.8 Å². The molecule has 0 heterocycles. The van der Waals surface area contributed by atoms with E-state index < -0.39 is 0 Å². The zero-order chi connectivity index (χ0) is 10.7. The third-order valence-corrected chi connectivity index (χ3v) is 2.47. The molecule has 1 aromatic carbocycles. The highest BCUT2D eigenvalue weighted by Gasteiger charge is 2.15. The van der Waals surface area contributed by atoms with Gasteiger partial charge in [0, 0.05) is 5.92 Å². The van der Waals surface area contributed by atoms with Crippen molar-refractivity contribution in [3.8, 4) is 5.75 Å². The van der Waals surface area contributed by atoms with Crippen LogP contribution in [0.1, 0.15) is 30.9 Å². The fraction of sp³-hybridized carbons (Fsp3) is 0.417. The molecule has 0 saturated heterocycles. The van der Waals surface area contributed by atoms with Gasteiger partial charge >= 0.3 is 0 Å². The number of carbonyl (C=O) groups is 1. The normalized spacial score (nSPS) is 12.9. The Morgan fingerprint density at radius 1 is 1.36 bits per heavy atom. The molecule has 0 aliphatic rings. The van der Waals surface area contributed by atoms with Gasteiger partial charge in [-0.15, -0.1) is 0 Å². The van der Waals surface area contributed by atoms with Crippen molar-refractivity contribution in [1.82, 2.24) is 0 Å². The summed E-state index contributed by atoms with van der Waals surface area (Å²) in [4.78, 5) is 10.9. The summed E-state index contributed by atoms with van der Waals surface area (Å²) in [6, 6.07) is 5.32. The van der Waals surface area contributed by atoms with Gasteiger partial charge in [-0.2, -0.15) is 0 Å². The predicted molar refractivity (Wildman–Crippen MR) is 56.5 cm³/mol. The second-order valence-corrected chi connectivity index (χ2v) is 3.95. The Balaban J connectivity index is 3.05. The molecule has 0 fully saturated rings. The predicted octanol–water partition coefficient (Wildman–Crippen LogP) is 2.64. The smallest absolute Gasteiger partial charge is 0.127 e. The number of phenols is 1. The van der Waals surface area contributed by atoms with Crippen LogP contribution in [0.2, 0.25) is 0 Å². The summed E-state index contributed by atoms with van der Waals surface area (Å²) >= 11 is 0. The quantitative estimate of drug-likeness (QED) is 0.747. The zero-order valence-electron chi connectivity index (χ0n) is 8.82. The molecule has 0 aliphatic heterocycles. The standard InChI is InChI=1S/C12H16O2/c1-8(2)11(7-13)10-4-5-12(14)9(3)6-10/h4-8,11,14H,1-3H3. The Labute approximate surface area is 84.6 Å². The van der Waals surface area contributed by atoms with Crippen LogP contribution in [0.4, 0.5) is 0 Å². The minimum atomic E-state index is -0.0747. The van der Waals surface area contributed by atoms with Crippen LogP contribution in [0.5, 0.6) is 5.75 Å². The van der Waals surface area contributed by atoms with E-state index in [0.717, 1.165) is 17.4 Å². The van der Waals surface area contributed by atoms with Gasteiger partial charge in [-0.3, -0.25) is 0 Å². The second kappa shape index (κ2) is 4.27. The molecule has 1 rings (SSSR count). The molecule has 0 aromatic heterocycles. The highest BCUT2D eigenvalue weighted by Crippen LogP contribution is 2.26. The number of aryl methyl sites for hydroxylation is 1. The summed E-state index contributed by atoms with van der Waals surface area (Å²) in [7, 11) is 0. The molecule has 0 aliphatic carbocycles. The minimum Gasteiger partial charge on any atom is -0.508 e. The van der Waals surface area contributed by atoms with Gasteiger partial charge in [-0.25, -0.2) is 0 Å². The number of hydrogen-bond donors (Lipinski definition) is 1. The van der Waals surface area contributed by atoms with Gasteiger partial charge in [0.1, 0.15) is 12.0 Å². The summed E-state index contributed by atoms with van der Waals surface area (Å²) < 4.78 is 0. The SMILES string of the molecule is Cc1cc(C(C=O)C(C)C)ccc1O. The molecular weight excluding hydrogens is 176 g/mol. The van der Waals surface area contributed by atoms with Gasteiger partial charge in [-0.1, -0.05) is 26.0 Å². The van der Waals surface area contributed by atoms with E-state index in [4.69, 9.17) is 0 Å². The first-order valence-corrected chi connectivity index (χ1v) is 4.81. The van der Waals surface area contributed by atoms with Gasteiger partial charge in [0.15, 0.2) is 0 Å².